The highest BCUT2D eigenvalue weighted by atomic mass is 35.5. The van der Waals surface area contributed by atoms with Crippen molar-refractivity contribution in [3.63, 3.8) is 0 Å². The van der Waals surface area contributed by atoms with Gasteiger partial charge in [0.15, 0.2) is 0 Å². The minimum Gasteiger partial charge on any atom is -0.374 e. The fourth-order valence-corrected chi connectivity index (χ4v) is 3.74. The summed E-state index contributed by atoms with van der Waals surface area (Å²) in [6.45, 7) is 2.88. The van der Waals surface area contributed by atoms with Gasteiger partial charge < -0.3 is 15.4 Å². The number of amides is 1. The van der Waals surface area contributed by atoms with Crippen LogP contribution in [0, 0.1) is 5.92 Å². The molecule has 1 heterocycles. The monoisotopic (exact) mass is 406 g/mol. The maximum atomic E-state index is 12.7. The molecule has 3 atom stereocenters. The molecule has 1 amide bonds. The zero-order valence-electron chi connectivity index (χ0n) is 16.9. The lowest BCUT2D eigenvalue weighted by Gasteiger charge is -2.26. The van der Waals surface area contributed by atoms with Crippen molar-refractivity contribution in [1.29, 1.82) is 0 Å². The number of carbonyl (C=O) groups excluding carboxylic acids is 1. The third-order valence-corrected chi connectivity index (χ3v) is 5.18. The van der Waals surface area contributed by atoms with E-state index in [1.54, 1.807) is 17.9 Å². The van der Waals surface area contributed by atoms with E-state index in [4.69, 9.17) is 4.74 Å². The summed E-state index contributed by atoms with van der Waals surface area (Å²) in [7, 11) is 3.61. The Balaban J connectivity index is 0.00000280. The van der Waals surface area contributed by atoms with E-state index in [9.17, 15) is 4.79 Å². The number of nitrogens with zero attached hydrogens (tertiary/aromatic N) is 2. The summed E-state index contributed by atoms with van der Waals surface area (Å²) in [5, 5.41) is 10.2. The molecule has 2 aromatic rings. The molecule has 1 saturated carbocycles. The van der Waals surface area contributed by atoms with Crippen LogP contribution in [-0.2, 0) is 23.2 Å². The zero-order valence-corrected chi connectivity index (χ0v) is 17.7. The Bertz CT molecular complexity index is 764. The number of anilines is 1. The molecule has 154 valence electrons. The summed E-state index contributed by atoms with van der Waals surface area (Å²) in [6, 6.07) is 7.44. The maximum absolute atomic E-state index is 12.7. The van der Waals surface area contributed by atoms with Gasteiger partial charge in [-0.15, -0.1) is 12.4 Å². The van der Waals surface area contributed by atoms with Crippen LogP contribution in [0.25, 0.3) is 0 Å². The Morgan fingerprint density at radius 1 is 1.39 bits per heavy atom. The molecule has 1 aliphatic rings. The van der Waals surface area contributed by atoms with Crippen LogP contribution in [0.5, 0.6) is 0 Å². The van der Waals surface area contributed by atoms with Gasteiger partial charge in [-0.2, -0.15) is 5.10 Å². The molecule has 6 nitrogen and oxygen atoms in total. The zero-order chi connectivity index (χ0) is 19.2. The molecule has 28 heavy (non-hydrogen) atoms. The van der Waals surface area contributed by atoms with Crippen LogP contribution in [0.1, 0.15) is 49.8 Å². The average molecular weight is 407 g/mol. The molecule has 3 unspecified atom stereocenters. The highest BCUT2D eigenvalue weighted by molar-refractivity contribution is 5.95. The van der Waals surface area contributed by atoms with Crippen molar-refractivity contribution in [3.8, 4) is 0 Å². The van der Waals surface area contributed by atoms with Gasteiger partial charge in [0, 0.05) is 24.5 Å². The van der Waals surface area contributed by atoms with E-state index in [0.29, 0.717) is 12.7 Å². The van der Waals surface area contributed by atoms with Crippen molar-refractivity contribution >= 4 is 24.0 Å². The number of nitrogens with one attached hydrogen (secondary N) is 2. The number of hydrogen-bond acceptors (Lipinski definition) is 4. The van der Waals surface area contributed by atoms with Gasteiger partial charge in [-0.3, -0.25) is 9.48 Å². The van der Waals surface area contributed by atoms with Gasteiger partial charge in [-0.25, -0.2) is 0 Å². The normalized spacial score (nSPS) is 20.2. The molecule has 0 saturated heterocycles. The lowest BCUT2D eigenvalue weighted by Crippen LogP contribution is -2.30. The summed E-state index contributed by atoms with van der Waals surface area (Å²) in [4.78, 5) is 12.7. The molecule has 7 heteroatoms. The van der Waals surface area contributed by atoms with Gasteiger partial charge in [0.2, 0.25) is 5.91 Å². The third kappa shape index (κ3) is 6.06. The molecular formula is C21H31ClN4O2. The number of aromatic nitrogens is 2. The van der Waals surface area contributed by atoms with E-state index < -0.39 is 6.04 Å². The Morgan fingerprint density at radius 3 is 2.89 bits per heavy atom. The van der Waals surface area contributed by atoms with Crippen LogP contribution < -0.4 is 10.6 Å². The second-order valence-corrected chi connectivity index (χ2v) is 7.56. The van der Waals surface area contributed by atoms with Gasteiger partial charge in [-0.05, 0) is 43.5 Å². The van der Waals surface area contributed by atoms with Gasteiger partial charge in [0.1, 0.15) is 6.04 Å². The van der Waals surface area contributed by atoms with Gasteiger partial charge in [0.05, 0.1) is 18.9 Å². The van der Waals surface area contributed by atoms with E-state index in [0.717, 1.165) is 35.6 Å². The average Bonchev–Trinajstić information content (AvgIpc) is 3.07. The molecule has 2 N–H and O–H groups in total. The van der Waals surface area contributed by atoms with Crippen molar-refractivity contribution in [2.75, 3.05) is 12.4 Å². The highest BCUT2D eigenvalue weighted by Crippen LogP contribution is 2.26. The second kappa shape index (κ2) is 10.6. The Labute approximate surface area is 173 Å². The van der Waals surface area contributed by atoms with Crippen LogP contribution >= 0.6 is 12.4 Å². The number of likely N-dealkylation sites (N-methyl/N-ethyl adjacent to an activating group) is 1. The van der Waals surface area contributed by atoms with Crippen LogP contribution in [0.3, 0.4) is 0 Å². The summed E-state index contributed by atoms with van der Waals surface area (Å²) >= 11 is 0. The summed E-state index contributed by atoms with van der Waals surface area (Å²) in [5.74, 6) is 0.644. The Morgan fingerprint density at radius 2 is 2.21 bits per heavy atom. The summed E-state index contributed by atoms with van der Waals surface area (Å²) in [5.41, 5.74) is 2.69. The topological polar surface area (TPSA) is 68.2 Å². The number of rotatable bonds is 7. The summed E-state index contributed by atoms with van der Waals surface area (Å²) in [6.07, 6.45) is 8.76. The molecular weight excluding hydrogens is 376 g/mol. The molecule has 1 aromatic heterocycles. The fraction of sp³-hybridized carbons (Fsp3) is 0.524. The number of carbonyl (C=O) groups is 1. The number of benzene rings is 1. The molecule has 0 aliphatic heterocycles. The van der Waals surface area contributed by atoms with Gasteiger partial charge in [-0.1, -0.05) is 31.9 Å². The molecule has 1 fully saturated rings. The molecule has 0 radical (unpaired) electrons. The minimum atomic E-state index is -0.442. The van der Waals surface area contributed by atoms with Crippen molar-refractivity contribution in [2.24, 2.45) is 13.0 Å². The first-order chi connectivity index (χ1) is 13.0. The quantitative estimate of drug-likeness (QED) is 0.733. The van der Waals surface area contributed by atoms with Crippen LogP contribution in [0.4, 0.5) is 5.69 Å². The second-order valence-electron chi connectivity index (χ2n) is 7.56. The molecule has 1 aromatic carbocycles. The molecule has 0 bridgehead atoms. The first-order valence-corrected chi connectivity index (χ1v) is 9.72. The molecule has 3 rings (SSSR count). The minimum absolute atomic E-state index is 0. The van der Waals surface area contributed by atoms with Crippen LogP contribution in [0.15, 0.2) is 36.7 Å². The maximum Gasteiger partial charge on any atom is 0.246 e. The summed E-state index contributed by atoms with van der Waals surface area (Å²) < 4.78 is 7.80. The van der Waals surface area contributed by atoms with Crippen LogP contribution in [0.2, 0.25) is 0 Å². The number of ether oxygens (including phenoxy) is 1. The first-order valence-electron chi connectivity index (χ1n) is 9.72. The predicted molar refractivity (Wildman–Crippen MR) is 114 cm³/mol. The van der Waals surface area contributed by atoms with Gasteiger partial charge in [0.25, 0.3) is 0 Å². The Kier molecular flexibility index (Phi) is 8.48. The van der Waals surface area contributed by atoms with Crippen molar-refractivity contribution in [2.45, 2.75) is 51.4 Å². The first kappa shape index (κ1) is 22.4. The molecule has 0 spiro atoms. The number of aryl methyl sites for hydroxylation is 1. The van der Waals surface area contributed by atoms with E-state index >= 15 is 0 Å². The number of hydrogen-bond donors (Lipinski definition) is 2. The van der Waals surface area contributed by atoms with E-state index in [1.165, 1.54) is 12.8 Å². The lowest BCUT2D eigenvalue weighted by atomic mass is 9.89. The van der Waals surface area contributed by atoms with Crippen LogP contribution in [-0.4, -0.2) is 28.8 Å². The van der Waals surface area contributed by atoms with Crippen molar-refractivity contribution in [3.05, 3.63) is 47.8 Å². The SMILES string of the molecule is CNC(C(=O)Nc1cccc(COC2CCCC(C)C2)c1)c1cnn(C)c1.Cl. The molecule has 1 aliphatic carbocycles. The standard InChI is InChI=1S/C21H30N4O2.ClH/c1-15-6-4-9-19(10-15)27-14-16-7-5-8-18(11-16)24-21(26)20(22-2)17-12-23-25(3)13-17;/h5,7-8,11-13,15,19-20,22H,4,6,9-10,14H2,1-3H3,(H,24,26);1H. The Hall–Kier alpha value is -1.89. The lowest BCUT2D eigenvalue weighted by molar-refractivity contribution is -0.118. The van der Waals surface area contributed by atoms with Crippen molar-refractivity contribution in [1.82, 2.24) is 15.1 Å². The predicted octanol–water partition coefficient (Wildman–Crippen LogP) is 3.84. The van der Waals surface area contributed by atoms with E-state index in [-0.39, 0.29) is 18.3 Å². The van der Waals surface area contributed by atoms with Gasteiger partial charge >= 0.3 is 0 Å². The third-order valence-electron chi connectivity index (χ3n) is 5.18. The van der Waals surface area contributed by atoms with Crippen molar-refractivity contribution < 1.29 is 9.53 Å². The largest absolute Gasteiger partial charge is 0.374 e. The highest BCUT2D eigenvalue weighted by Gasteiger charge is 2.21. The smallest absolute Gasteiger partial charge is 0.246 e. The van der Waals surface area contributed by atoms with E-state index in [1.807, 2.05) is 37.5 Å². The van der Waals surface area contributed by atoms with E-state index in [2.05, 4.69) is 22.7 Å². The fourth-order valence-electron chi connectivity index (χ4n) is 3.74. The number of halogens is 1.